The van der Waals surface area contributed by atoms with Gasteiger partial charge in [0.1, 0.15) is 0 Å². The first-order valence-electron chi connectivity index (χ1n) is 6.13. The monoisotopic (exact) mass is 217 g/mol. The smallest absolute Gasteiger partial charge is 0.246 e. The minimum Gasteiger partial charge on any atom is -0.246 e. The van der Waals surface area contributed by atoms with Gasteiger partial charge in [0.2, 0.25) is 0 Å². The van der Waals surface area contributed by atoms with Gasteiger partial charge in [0.05, 0.1) is 12.1 Å². The molecular weight excluding hydrogens is 206 g/mol. The molecule has 4 unspecified atom stereocenters. The van der Waals surface area contributed by atoms with E-state index >= 15 is 0 Å². The summed E-state index contributed by atoms with van der Waals surface area (Å²) in [6.07, 6.45) is 0. The molecule has 0 saturated heterocycles. The number of rotatable bonds is 0. The number of hydrogen-bond acceptors (Lipinski definition) is 2. The zero-order valence-electron chi connectivity index (χ0n) is 8.78. The van der Waals surface area contributed by atoms with Crippen molar-refractivity contribution in [3.05, 3.63) is 21.0 Å². The van der Waals surface area contributed by atoms with Gasteiger partial charge in [0, 0.05) is 7.05 Å². The number of aromatic nitrogens is 3. The average molecular weight is 217 g/mol. The van der Waals surface area contributed by atoms with Gasteiger partial charge in [-0.05, 0) is 35.5 Å². The Balaban J connectivity index is 1.85. The Bertz CT molecular complexity index is 618. The molecule has 5 nitrogen and oxygen atoms in total. The molecular formula is C11H11N3O2. The van der Waals surface area contributed by atoms with Crippen LogP contribution in [0.4, 0.5) is 0 Å². The highest BCUT2D eigenvalue weighted by Gasteiger charge is 2.90. The summed E-state index contributed by atoms with van der Waals surface area (Å²) in [5.41, 5.74) is -0.176. The predicted octanol–water partition coefficient (Wildman–Crippen LogP) is -0.804. The van der Waals surface area contributed by atoms with Gasteiger partial charge >= 0.3 is 11.4 Å². The van der Waals surface area contributed by atoms with E-state index in [0.29, 0.717) is 12.1 Å². The van der Waals surface area contributed by atoms with E-state index in [0.717, 1.165) is 35.5 Å². The molecule has 4 aliphatic carbocycles. The van der Waals surface area contributed by atoms with Crippen LogP contribution in [0.3, 0.4) is 0 Å². The lowest BCUT2D eigenvalue weighted by atomic mass is 9.89. The highest BCUT2D eigenvalue weighted by Crippen LogP contribution is 2.91. The molecule has 1 aromatic heterocycles. The fourth-order valence-corrected chi connectivity index (χ4v) is 5.90. The van der Waals surface area contributed by atoms with Crippen molar-refractivity contribution in [3.8, 4) is 0 Å². The van der Waals surface area contributed by atoms with Crippen molar-refractivity contribution in [2.45, 2.75) is 12.1 Å². The Kier molecular flexibility index (Phi) is 0.699. The Morgan fingerprint density at radius 3 is 1.50 bits per heavy atom. The highest BCUT2D eigenvalue weighted by molar-refractivity contribution is 5.37. The SMILES string of the molecule is Cn1c(=O)n2n(c1=O)C1[C@H]3C4C5[C@H](C2[C@H]43)[C@@H]51. The van der Waals surface area contributed by atoms with Crippen LogP contribution in [0.2, 0.25) is 0 Å². The molecule has 5 heteroatoms. The van der Waals surface area contributed by atoms with Crippen molar-refractivity contribution in [2.24, 2.45) is 42.6 Å². The zero-order valence-corrected chi connectivity index (χ0v) is 8.78. The summed E-state index contributed by atoms with van der Waals surface area (Å²) in [4.78, 5) is 24.1. The molecule has 0 spiro atoms. The first kappa shape index (κ1) is 7.14. The zero-order chi connectivity index (χ0) is 10.5. The summed E-state index contributed by atoms with van der Waals surface area (Å²) in [5, 5.41) is 0. The largest absolute Gasteiger partial charge is 0.347 e. The lowest BCUT2D eigenvalue weighted by Gasteiger charge is -2.36. The lowest BCUT2D eigenvalue weighted by molar-refractivity contribution is 0.112. The summed E-state index contributed by atoms with van der Waals surface area (Å²) in [6, 6.07) is 0.771. The molecule has 2 aliphatic heterocycles. The first-order valence-corrected chi connectivity index (χ1v) is 6.13. The van der Waals surface area contributed by atoms with E-state index in [4.69, 9.17) is 0 Å². The predicted molar refractivity (Wildman–Crippen MR) is 52.9 cm³/mol. The van der Waals surface area contributed by atoms with Crippen molar-refractivity contribution >= 4 is 0 Å². The van der Waals surface area contributed by atoms with Crippen molar-refractivity contribution in [3.63, 3.8) is 0 Å². The average Bonchev–Trinajstić information content (AvgIpc) is 3.10. The summed E-state index contributed by atoms with van der Waals surface area (Å²) >= 11 is 0. The van der Waals surface area contributed by atoms with E-state index in [1.807, 2.05) is 9.36 Å². The molecule has 6 aliphatic rings. The molecule has 8 atom stereocenters. The van der Waals surface area contributed by atoms with Gasteiger partial charge < -0.3 is 0 Å². The molecule has 7 rings (SSSR count). The fraction of sp³-hybridized carbons (Fsp3) is 0.818. The molecule has 0 radical (unpaired) electrons. The second-order valence-electron chi connectivity index (χ2n) is 6.26. The summed E-state index contributed by atoms with van der Waals surface area (Å²) in [7, 11) is 1.60. The Labute approximate surface area is 90.3 Å². The van der Waals surface area contributed by atoms with Crippen LogP contribution in [0.15, 0.2) is 9.59 Å². The molecule has 1 aromatic rings. The highest BCUT2D eigenvalue weighted by atomic mass is 16.2. The second-order valence-corrected chi connectivity index (χ2v) is 6.26. The molecule has 0 aromatic carbocycles. The van der Waals surface area contributed by atoms with Crippen LogP contribution in [0, 0.1) is 35.5 Å². The maximum atomic E-state index is 12.1. The van der Waals surface area contributed by atoms with Gasteiger partial charge in [-0.25, -0.2) is 23.5 Å². The van der Waals surface area contributed by atoms with Gasteiger partial charge in [0.15, 0.2) is 0 Å². The quantitative estimate of drug-likeness (QED) is 0.571. The van der Waals surface area contributed by atoms with Gasteiger partial charge in [-0.3, -0.25) is 0 Å². The molecule has 4 saturated carbocycles. The van der Waals surface area contributed by atoms with Crippen LogP contribution < -0.4 is 11.4 Å². The van der Waals surface area contributed by atoms with Gasteiger partial charge in [-0.15, -0.1) is 0 Å². The third kappa shape index (κ3) is 0.394. The molecule has 0 N–H and O–H groups in total. The third-order valence-electron chi connectivity index (χ3n) is 6.17. The van der Waals surface area contributed by atoms with Crippen molar-refractivity contribution in [1.29, 1.82) is 0 Å². The molecule has 82 valence electrons. The van der Waals surface area contributed by atoms with Crippen molar-refractivity contribution in [1.82, 2.24) is 13.9 Å². The van der Waals surface area contributed by atoms with Gasteiger partial charge in [-0.1, -0.05) is 0 Å². The maximum Gasteiger partial charge on any atom is 0.347 e. The van der Waals surface area contributed by atoms with Gasteiger partial charge in [0.25, 0.3) is 0 Å². The number of hydrogen-bond donors (Lipinski definition) is 0. The molecule has 3 heterocycles. The molecule has 4 fully saturated rings. The fourth-order valence-electron chi connectivity index (χ4n) is 5.90. The summed E-state index contributed by atoms with van der Waals surface area (Å²) < 4.78 is 4.90. The van der Waals surface area contributed by atoms with Crippen molar-refractivity contribution in [2.75, 3.05) is 0 Å². The summed E-state index contributed by atoms with van der Waals surface area (Å²) in [6.45, 7) is 0. The normalized spacial score (nSPS) is 60.1. The van der Waals surface area contributed by atoms with E-state index in [9.17, 15) is 9.59 Å². The maximum absolute atomic E-state index is 12.1. The van der Waals surface area contributed by atoms with Crippen LogP contribution in [-0.2, 0) is 7.05 Å². The van der Waals surface area contributed by atoms with Crippen LogP contribution in [0.5, 0.6) is 0 Å². The first-order chi connectivity index (χ1) is 7.73. The Morgan fingerprint density at radius 2 is 1.12 bits per heavy atom. The van der Waals surface area contributed by atoms with E-state index in [1.165, 1.54) is 4.57 Å². The van der Waals surface area contributed by atoms with E-state index in [1.54, 1.807) is 7.05 Å². The summed E-state index contributed by atoms with van der Waals surface area (Å²) in [5.74, 6) is 4.77. The van der Waals surface area contributed by atoms with Crippen LogP contribution >= 0.6 is 0 Å². The van der Waals surface area contributed by atoms with Crippen LogP contribution in [0.25, 0.3) is 0 Å². The van der Waals surface area contributed by atoms with Crippen LogP contribution in [-0.4, -0.2) is 13.9 Å². The standard InChI is InChI=1S/C11H11N3O2/c1-12-10(15)13-8-4-2-3-6(8)7(3)9(5(2)4)14(13)11(12)16/h2-9H,1H3/t2?,3?,4-,5+,6+,7-,8?,9?. The van der Waals surface area contributed by atoms with Crippen LogP contribution in [0.1, 0.15) is 12.1 Å². The molecule has 0 amide bonds. The topological polar surface area (TPSA) is 48.9 Å². The van der Waals surface area contributed by atoms with E-state index in [-0.39, 0.29) is 11.4 Å². The van der Waals surface area contributed by atoms with Gasteiger partial charge in [-0.2, -0.15) is 0 Å². The third-order valence-corrected chi connectivity index (χ3v) is 6.17. The second kappa shape index (κ2) is 1.57. The lowest BCUT2D eigenvalue weighted by Crippen LogP contribution is -2.45. The van der Waals surface area contributed by atoms with Crippen molar-refractivity contribution < 1.29 is 0 Å². The minimum absolute atomic E-state index is 0.0879. The van der Waals surface area contributed by atoms with E-state index < -0.39 is 0 Å². The molecule has 2 bridgehead atoms. The van der Waals surface area contributed by atoms with E-state index in [2.05, 4.69) is 0 Å². The molecule has 16 heavy (non-hydrogen) atoms. The minimum atomic E-state index is -0.0879. The Hall–Kier alpha value is -1.26. The Morgan fingerprint density at radius 1 is 0.750 bits per heavy atom. The number of nitrogens with zero attached hydrogens (tertiary/aromatic N) is 3.